The molecule has 0 saturated heterocycles. The van der Waals surface area contributed by atoms with Gasteiger partial charge in [0.25, 0.3) is 0 Å². The normalized spacial score (nSPS) is 12.2. The molecule has 0 spiro atoms. The second kappa shape index (κ2) is 10.00. The van der Waals surface area contributed by atoms with Crippen molar-refractivity contribution in [1.82, 2.24) is 5.32 Å². The van der Waals surface area contributed by atoms with Gasteiger partial charge in [-0.3, -0.25) is 4.79 Å². The summed E-state index contributed by atoms with van der Waals surface area (Å²) < 4.78 is 0. The molecule has 0 bridgehead atoms. The van der Waals surface area contributed by atoms with Crippen LogP contribution < -0.4 is 5.32 Å². The number of hydrogen-bond acceptors (Lipinski definition) is 3. The Morgan fingerprint density at radius 1 is 1.39 bits per heavy atom. The van der Waals surface area contributed by atoms with Crippen LogP contribution in [-0.2, 0) is 9.59 Å². The fraction of sp³-hybridized carbons (Fsp3) is 0.692. The Labute approximate surface area is 113 Å². The molecule has 0 aromatic heterocycles. The van der Waals surface area contributed by atoms with Gasteiger partial charge < -0.3 is 10.4 Å². The van der Waals surface area contributed by atoms with Crippen LogP contribution in [0.2, 0.25) is 0 Å². The van der Waals surface area contributed by atoms with Gasteiger partial charge in [-0.1, -0.05) is 19.9 Å². The molecule has 0 fully saturated rings. The number of carboxylic acid groups (broad SMARTS) is 1. The first-order valence-electron chi connectivity index (χ1n) is 6.18. The van der Waals surface area contributed by atoms with E-state index >= 15 is 0 Å². The van der Waals surface area contributed by atoms with Gasteiger partial charge in [-0.25, -0.2) is 4.79 Å². The van der Waals surface area contributed by atoms with E-state index in [0.717, 1.165) is 12.2 Å². The average Bonchev–Trinajstić information content (AvgIpc) is 2.29. The van der Waals surface area contributed by atoms with Crippen LogP contribution in [0.1, 0.15) is 33.1 Å². The first-order chi connectivity index (χ1) is 8.47. The highest BCUT2D eigenvalue weighted by Crippen LogP contribution is 2.08. The van der Waals surface area contributed by atoms with Crippen molar-refractivity contribution < 1.29 is 14.7 Å². The van der Waals surface area contributed by atoms with Gasteiger partial charge in [-0.15, -0.1) is 6.58 Å². The topological polar surface area (TPSA) is 66.4 Å². The van der Waals surface area contributed by atoms with Crippen molar-refractivity contribution in [3.63, 3.8) is 0 Å². The number of allylic oxidation sites excluding steroid dienone is 1. The summed E-state index contributed by atoms with van der Waals surface area (Å²) in [5.41, 5.74) is 0. The first-order valence-corrected chi connectivity index (χ1v) is 7.33. The van der Waals surface area contributed by atoms with Gasteiger partial charge >= 0.3 is 5.97 Å². The summed E-state index contributed by atoms with van der Waals surface area (Å²) in [5, 5.41) is 11.5. The molecule has 2 N–H and O–H groups in total. The number of carbonyl (C=O) groups is 2. The maximum atomic E-state index is 11.5. The van der Waals surface area contributed by atoms with Crippen LogP contribution in [0.25, 0.3) is 0 Å². The summed E-state index contributed by atoms with van der Waals surface area (Å²) in [5.74, 6) is 0.678. The number of carbonyl (C=O) groups excluding carboxylic acids is 1. The molecule has 0 aliphatic carbocycles. The lowest BCUT2D eigenvalue weighted by Gasteiger charge is -2.13. The molecule has 104 valence electrons. The van der Waals surface area contributed by atoms with Crippen molar-refractivity contribution in [2.75, 3.05) is 11.5 Å². The SMILES string of the molecule is C=CCCC(NC(=O)CSCCC(C)C)C(=O)O. The Balaban J connectivity index is 3.87. The Bertz CT molecular complexity index is 279. The van der Waals surface area contributed by atoms with Crippen molar-refractivity contribution in [2.45, 2.75) is 39.2 Å². The van der Waals surface area contributed by atoms with Gasteiger partial charge in [0.2, 0.25) is 5.91 Å². The molecule has 4 nitrogen and oxygen atoms in total. The maximum absolute atomic E-state index is 11.5. The van der Waals surface area contributed by atoms with E-state index in [1.807, 2.05) is 0 Å². The average molecular weight is 273 g/mol. The molecule has 0 rings (SSSR count). The predicted molar refractivity (Wildman–Crippen MR) is 75.8 cm³/mol. The Hall–Kier alpha value is -0.970. The zero-order valence-corrected chi connectivity index (χ0v) is 12.0. The van der Waals surface area contributed by atoms with E-state index in [1.165, 1.54) is 0 Å². The molecular weight excluding hydrogens is 250 g/mol. The van der Waals surface area contributed by atoms with Crippen molar-refractivity contribution in [3.8, 4) is 0 Å². The van der Waals surface area contributed by atoms with Crippen LogP contribution >= 0.6 is 11.8 Å². The standard InChI is InChI=1S/C13H23NO3S/c1-4-5-6-11(13(16)17)14-12(15)9-18-8-7-10(2)3/h4,10-11H,1,5-9H2,2-3H3,(H,14,15)(H,16,17). The van der Waals surface area contributed by atoms with Crippen LogP contribution in [0, 0.1) is 5.92 Å². The first kappa shape index (κ1) is 17.0. The lowest BCUT2D eigenvalue weighted by atomic mass is 10.1. The zero-order chi connectivity index (χ0) is 14.0. The van der Waals surface area contributed by atoms with Gasteiger partial charge in [-0.05, 0) is 30.9 Å². The number of nitrogens with one attached hydrogen (secondary N) is 1. The molecule has 1 amide bonds. The summed E-state index contributed by atoms with van der Waals surface area (Å²) in [6.45, 7) is 7.81. The van der Waals surface area contributed by atoms with Crippen molar-refractivity contribution in [1.29, 1.82) is 0 Å². The third-order valence-electron chi connectivity index (χ3n) is 2.37. The highest BCUT2D eigenvalue weighted by Gasteiger charge is 2.18. The van der Waals surface area contributed by atoms with Gasteiger partial charge in [0, 0.05) is 0 Å². The second-order valence-corrected chi connectivity index (χ2v) is 5.66. The molecule has 1 atom stereocenters. The third kappa shape index (κ3) is 9.10. The van der Waals surface area contributed by atoms with E-state index in [2.05, 4.69) is 25.7 Å². The van der Waals surface area contributed by atoms with Gasteiger partial charge in [-0.2, -0.15) is 11.8 Å². The molecule has 0 heterocycles. The number of thioether (sulfide) groups is 1. The molecule has 0 radical (unpaired) electrons. The monoisotopic (exact) mass is 273 g/mol. The van der Waals surface area contributed by atoms with Gasteiger partial charge in [0.05, 0.1) is 5.75 Å². The summed E-state index contributed by atoms with van der Waals surface area (Å²) in [7, 11) is 0. The quantitative estimate of drug-likeness (QED) is 0.473. The van der Waals surface area contributed by atoms with Crippen LogP contribution in [0.3, 0.4) is 0 Å². The minimum atomic E-state index is -0.989. The smallest absolute Gasteiger partial charge is 0.326 e. The third-order valence-corrected chi connectivity index (χ3v) is 3.36. The number of hydrogen-bond donors (Lipinski definition) is 2. The van der Waals surface area contributed by atoms with Crippen LogP contribution in [0.5, 0.6) is 0 Å². The number of rotatable bonds is 10. The second-order valence-electron chi connectivity index (χ2n) is 4.56. The molecule has 0 aliphatic rings. The highest BCUT2D eigenvalue weighted by molar-refractivity contribution is 7.99. The Morgan fingerprint density at radius 2 is 2.06 bits per heavy atom. The molecular formula is C13H23NO3S. The predicted octanol–water partition coefficient (Wildman–Crippen LogP) is 2.30. The summed E-state index contributed by atoms with van der Waals surface area (Å²) in [6, 6.07) is -0.804. The molecule has 0 aromatic rings. The van der Waals surface area contributed by atoms with Gasteiger partial charge in [0.1, 0.15) is 6.04 Å². The summed E-state index contributed by atoms with van der Waals surface area (Å²) >= 11 is 1.54. The molecule has 0 aromatic carbocycles. The summed E-state index contributed by atoms with van der Waals surface area (Å²) in [6.07, 6.45) is 3.69. The largest absolute Gasteiger partial charge is 0.480 e. The van der Waals surface area contributed by atoms with Crippen molar-refractivity contribution >= 4 is 23.6 Å². The van der Waals surface area contributed by atoms with Gasteiger partial charge in [0.15, 0.2) is 0 Å². The van der Waals surface area contributed by atoms with E-state index in [-0.39, 0.29) is 5.91 Å². The lowest BCUT2D eigenvalue weighted by Crippen LogP contribution is -2.41. The molecule has 0 aliphatic heterocycles. The lowest BCUT2D eigenvalue weighted by molar-refractivity contribution is -0.141. The fourth-order valence-electron chi connectivity index (χ4n) is 1.26. The number of carboxylic acids is 1. The van der Waals surface area contributed by atoms with E-state index in [4.69, 9.17) is 5.11 Å². The van der Waals surface area contributed by atoms with E-state index in [0.29, 0.717) is 24.5 Å². The molecule has 0 saturated carbocycles. The van der Waals surface area contributed by atoms with E-state index in [1.54, 1.807) is 17.8 Å². The van der Waals surface area contributed by atoms with Crippen molar-refractivity contribution in [3.05, 3.63) is 12.7 Å². The van der Waals surface area contributed by atoms with Crippen molar-refractivity contribution in [2.24, 2.45) is 5.92 Å². The molecule has 18 heavy (non-hydrogen) atoms. The van der Waals surface area contributed by atoms with Crippen LogP contribution in [-0.4, -0.2) is 34.5 Å². The Kier molecular flexibility index (Phi) is 9.46. The number of amides is 1. The molecule has 5 heteroatoms. The minimum absolute atomic E-state index is 0.208. The zero-order valence-electron chi connectivity index (χ0n) is 11.1. The van der Waals surface area contributed by atoms with E-state index in [9.17, 15) is 9.59 Å². The Morgan fingerprint density at radius 3 is 2.56 bits per heavy atom. The molecule has 1 unspecified atom stereocenters. The van der Waals surface area contributed by atoms with Crippen LogP contribution in [0.15, 0.2) is 12.7 Å². The minimum Gasteiger partial charge on any atom is -0.480 e. The van der Waals surface area contributed by atoms with Crippen LogP contribution in [0.4, 0.5) is 0 Å². The summed E-state index contributed by atoms with van der Waals surface area (Å²) in [4.78, 5) is 22.4. The van der Waals surface area contributed by atoms with E-state index < -0.39 is 12.0 Å². The number of aliphatic carboxylic acids is 1. The maximum Gasteiger partial charge on any atom is 0.326 e. The highest BCUT2D eigenvalue weighted by atomic mass is 32.2. The fourth-order valence-corrected chi connectivity index (χ4v) is 2.31.